The Morgan fingerprint density at radius 1 is 1.42 bits per heavy atom. The van der Waals surface area contributed by atoms with E-state index in [1.807, 2.05) is 12.1 Å². The van der Waals surface area contributed by atoms with Gasteiger partial charge in [-0.05, 0) is 12.5 Å². The number of carbonyl (C=O) groups is 1. The molecule has 0 aliphatic heterocycles. The number of fused-ring (bicyclic) bond motifs is 1. The van der Waals surface area contributed by atoms with Gasteiger partial charge in [0.15, 0.2) is 5.78 Å². The van der Waals surface area contributed by atoms with Gasteiger partial charge in [-0.2, -0.15) is 0 Å². The maximum Gasteiger partial charge on any atom is 0.166 e. The monoisotopic (exact) mass is 162 g/mol. The molecule has 0 aromatic heterocycles. The second kappa shape index (κ2) is 2.17. The largest absolute Gasteiger partial charge is 0.385 e. The van der Waals surface area contributed by atoms with Crippen molar-refractivity contribution in [3.8, 4) is 0 Å². The molecule has 1 aliphatic carbocycles. The van der Waals surface area contributed by atoms with Crippen LogP contribution in [0.25, 0.3) is 0 Å². The predicted molar refractivity (Wildman–Crippen MR) is 45.0 cm³/mol. The van der Waals surface area contributed by atoms with E-state index in [1.165, 1.54) is 0 Å². The summed E-state index contributed by atoms with van der Waals surface area (Å²) in [5.74, 6) is 0.0376. The minimum atomic E-state index is -0.951. The zero-order valence-electron chi connectivity index (χ0n) is 6.87. The lowest BCUT2D eigenvalue weighted by Crippen LogP contribution is -2.16. The van der Waals surface area contributed by atoms with Crippen LogP contribution >= 0.6 is 0 Å². The van der Waals surface area contributed by atoms with Crippen LogP contribution in [0.2, 0.25) is 0 Å². The first-order chi connectivity index (χ1) is 5.61. The Morgan fingerprint density at radius 3 is 2.75 bits per heavy atom. The number of benzene rings is 1. The van der Waals surface area contributed by atoms with Crippen molar-refractivity contribution >= 4 is 5.78 Å². The summed E-state index contributed by atoms with van der Waals surface area (Å²) in [5.41, 5.74) is 0.478. The van der Waals surface area contributed by atoms with Gasteiger partial charge in [0.05, 0.1) is 5.60 Å². The van der Waals surface area contributed by atoms with Gasteiger partial charge in [0.25, 0.3) is 0 Å². The molecule has 0 saturated heterocycles. The molecule has 1 N–H and O–H groups in total. The first-order valence-corrected chi connectivity index (χ1v) is 3.96. The molecule has 0 saturated carbocycles. The van der Waals surface area contributed by atoms with Crippen molar-refractivity contribution < 1.29 is 9.90 Å². The second-order valence-electron chi connectivity index (χ2n) is 3.42. The van der Waals surface area contributed by atoms with Gasteiger partial charge < -0.3 is 5.11 Å². The molecule has 2 heteroatoms. The highest BCUT2D eigenvalue weighted by atomic mass is 16.3. The Balaban J connectivity index is 2.66. The van der Waals surface area contributed by atoms with Crippen LogP contribution in [-0.2, 0) is 5.60 Å². The number of ketones is 1. The average Bonchev–Trinajstić information content (AvgIpc) is 2.25. The molecule has 2 rings (SSSR count). The fourth-order valence-corrected chi connectivity index (χ4v) is 1.70. The minimum Gasteiger partial charge on any atom is -0.385 e. The zero-order valence-corrected chi connectivity index (χ0v) is 6.87. The maximum absolute atomic E-state index is 11.3. The van der Waals surface area contributed by atoms with Gasteiger partial charge in [-0.1, -0.05) is 24.3 Å². The number of rotatable bonds is 0. The van der Waals surface area contributed by atoms with Crippen molar-refractivity contribution in [2.45, 2.75) is 18.9 Å². The number of carbonyl (C=O) groups excluding carboxylic acids is 1. The molecule has 0 radical (unpaired) electrons. The number of Topliss-reactive ketones (excluding diaryl/α,β-unsaturated/α-hetero) is 1. The molecular weight excluding hydrogens is 152 g/mol. The second-order valence-corrected chi connectivity index (χ2v) is 3.42. The van der Waals surface area contributed by atoms with Crippen LogP contribution in [0.1, 0.15) is 29.3 Å². The molecule has 0 spiro atoms. The van der Waals surface area contributed by atoms with Crippen molar-refractivity contribution in [1.29, 1.82) is 0 Å². The lowest BCUT2D eigenvalue weighted by atomic mass is 9.99. The van der Waals surface area contributed by atoms with Crippen LogP contribution in [0.3, 0.4) is 0 Å². The summed E-state index contributed by atoms with van der Waals surface area (Å²) in [5, 5.41) is 9.80. The van der Waals surface area contributed by atoms with Crippen molar-refractivity contribution in [1.82, 2.24) is 0 Å². The minimum absolute atomic E-state index is 0.0376. The molecule has 0 amide bonds. The fourth-order valence-electron chi connectivity index (χ4n) is 1.70. The summed E-state index contributed by atoms with van der Waals surface area (Å²) in [6.07, 6.45) is 0.215. The molecule has 0 heterocycles. The Morgan fingerprint density at radius 2 is 2.08 bits per heavy atom. The molecule has 12 heavy (non-hydrogen) atoms. The molecule has 1 atom stereocenters. The van der Waals surface area contributed by atoms with Crippen LogP contribution in [0.4, 0.5) is 0 Å². The quantitative estimate of drug-likeness (QED) is 0.627. The fraction of sp³-hybridized carbons (Fsp3) is 0.300. The van der Waals surface area contributed by atoms with Gasteiger partial charge >= 0.3 is 0 Å². The number of hydrogen-bond donors (Lipinski definition) is 1. The summed E-state index contributed by atoms with van der Waals surface area (Å²) in [4.78, 5) is 11.3. The van der Waals surface area contributed by atoms with Crippen molar-refractivity contribution in [3.05, 3.63) is 35.4 Å². The lowest BCUT2D eigenvalue weighted by molar-refractivity contribution is 0.0534. The van der Waals surface area contributed by atoms with E-state index < -0.39 is 5.60 Å². The topological polar surface area (TPSA) is 37.3 Å². The molecular formula is C10H10O2. The molecule has 1 aliphatic rings. The molecule has 1 aromatic rings. The molecule has 1 aromatic carbocycles. The lowest BCUT2D eigenvalue weighted by Gasteiger charge is -2.15. The van der Waals surface area contributed by atoms with E-state index in [4.69, 9.17) is 0 Å². The third kappa shape index (κ3) is 0.883. The smallest absolute Gasteiger partial charge is 0.166 e. The van der Waals surface area contributed by atoms with Crippen LogP contribution in [0.15, 0.2) is 24.3 Å². The van der Waals surface area contributed by atoms with Crippen LogP contribution in [0.5, 0.6) is 0 Å². The summed E-state index contributed by atoms with van der Waals surface area (Å²) in [6.45, 7) is 1.68. The van der Waals surface area contributed by atoms with E-state index in [2.05, 4.69) is 0 Å². The summed E-state index contributed by atoms with van der Waals surface area (Å²) < 4.78 is 0. The van der Waals surface area contributed by atoms with E-state index in [1.54, 1.807) is 19.1 Å². The third-order valence-electron chi connectivity index (χ3n) is 2.31. The number of aliphatic hydroxyl groups is 1. The number of hydrogen-bond acceptors (Lipinski definition) is 2. The highest BCUT2D eigenvalue weighted by Gasteiger charge is 2.37. The highest BCUT2D eigenvalue weighted by Crippen LogP contribution is 2.35. The van der Waals surface area contributed by atoms with Crippen LogP contribution in [0, 0.1) is 0 Å². The summed E-state index contributed by atoms with van der Waals surface area (Å²) in [7, 11) is 0. The van der Waals surface area contributed by atoms with Crippen molar-refractivity contribution in [2.75, 3.05) is 0 Å². The Bertz CT molecular complexity index is 339. The SMILES string of the molecule is CC1(O)CC(=O)c2ccccc21. The van der Waals surface area contributed by atoms with Gasteiger partial charge in [-0.3, -0.25) is 4.79 Å². The van der Waals surface area contributed by atoms with E-state index in [0.29, 0.717) is 5.56 Å². The first kappa shape index (κ1) is 7.50. The van der Waals surface area contributed by atoms with Gasteiger partial charge in [-0.25, -0.2) is 0 Å². The maximum atomic E-state index is 11.3. The van der Waals surface area contributed by atoms with Gasteiger partial charge in [0, 0.05) is 12.0 Å². The molecule has 2 nitrogen and oxygen atoms in total. The Kier molecular flexibility index (Phi) is 1.36. The zero-order chi connectivity index (χ0) is 8.77. The predicted octanol–water partition coefficient (Wildman–Crippen LogP) is 1.48. The molecule has 1 unspecified atom stereocenters. The van der Waals surface area contributed by atoms with Gasteiger partial charge in [0.1, 0.15) is 0 Å². The molecule has 0 fully saturated rings. The average molecular weight is 162 g/mol. The summed E-state index contributed by atoms with van der Waals surface area (Å²) >= 11 is 0. The van der Waals surface area contributed by atoms with E-state index >= 15 is 0 Å². The van der Waals surface area contributed by atoms with E-state index in [-0.39, 0.29) is 12.2 Å². The standard InChI is InChI=1S/C10H10O2/c1-10(12)6-9(11)7-4-2-3-5-8(7)10/h2-5,12H,6H2,1H3. The Hall–Kier alpha value is -1.15. The third-order valence-corrected chi connectivity index (χ3v) is 2.31. The highest BCUT2D eigenvalue weighted by molar-refractivity contribution is 6.01. The van der Waals surface area contributed by atoms with Crippen LogP contribution in [-0.4, -0.2) is 10.9 Å². The van der Waals surface area contributed by atoms with Crippen LogP contribution < -0.4 is 0 Å². The first-order valence-electron chi connectivity index (χ1n) is 3.96. The molecule has 62 valence electrons. The normalized spacial score (nSPS) is 27.3. The van der Waals surface area contributed by atoms with Crippen molar-refractivity contribution in [3.63, 3.8) is 0 Å². The van der Waals surface area contributed by atoms with E-state index in [0.717, 1.165) is 5.56 Å². The summed E-state index contributed by atoms with van der Waals surface area (Å²) in [6, 6.07) is 7.23. The van der Waals surface area contributed by atoms with Crippen molar-refractivity contribution in [2.24, 2.45) is 0 Å². The Labute approximate surface area is 70.8 Å². The van der Waals surface area contributed by atoms with Gasteiger partial charge in [0.2, 0.25) is 0 Å². The van der Waals surface area contributed by atoms with E-state index in [9.17, 15) is 9.90 Å². The molecule has 0 bridgehead atoms. The van der Waals surface area contributed by atoms with Gasteiger partial charge in [-0.15, -0.1) is 0 Å².